The SMILES string of the molecule is CCNc1cc(C(=O)OCC)ccc1N. The van der Waals surface area contributed by atoms with E-state index < -0.39 is 0 Å². The first-order valence-corrected chi connectivity index (χ1v) is 4.99. The van der Waals surface area contributed by atoms with E-state index in [-0.39, 0.29) is 5.97 Å². The quantitative estimate of drug-likeness (QED) is 0.585. The Kier molecular flexibility index (Phi) is 3.97. The van der Waals surface area contributed by atoms with E-state index >= 15 is 0 Å². The highest BCUT2D eigenvalue weighted by molar-refractivity contribution is 5.92. The summed E-state index contributed by atoms with van der Waals surface area (Å²) < 4.78 is 4.89. The van der Waals surface area contributed by atoms with Crippen molar-refractivity contribution in [2.75, 3.05) is 24.2 Å². The van der Waals surface area contributed by atoms with Crippen LogP contribution in [-0.4, -0.2) is 19.1 Å². The van der Waals surface area contributed by atoms with E-state index in [0.29, 0.717) is 17.9 Å². The smallest absolute Gasteiger partial charge is 0.338 e. The number of benzene rings is 1. The first-order chi connectivity index (χ1) is 7.19. The second-order valence-corrected chi connectivity index (χ2v) is 3.05. The number of hydrogen-bond donors (Lipinski definition) is 2. The molecule has 0 fully saturated rings. The predicted octanol–water partition coefficient (Wildman–Crippen LogP) is 1.88. The van der Waals surface area contributed by atoms with Gasteiger partial charge >= 0.3 is 5.97 Å². The summed E-state index contributed by atoms with van der Waals surface area (Å²) in [5.74, 6) is -0.323. The molecule has 15 heavy (non-hydrogen) atoms. The van der Waals surface area contributed by atoms with Crippen molar-refractivity contribution in [2.45, 2.75) is 13.8 Å². The molecule has 0 saturated heterocycles. The summed E-state index contributed by atoms with van der Waals surface area (Å²) >= 11 is 0. The van der Waals surface area contributed by atoms with E-state index in [4.69, 9.17) is 10.5 Å². The van der Waals surface area contributed by atoms with Gasteiger partial charge in [0.2, 0.25) is 0 Å². The highest BCUT2D eigenvalue weighted by Crippen LogP contribution is 2.20. The molecular formula is C11H16N2O2. The minimum Gasteiger partial charge on any atom is -0.462 e. The van der Waals surface area contributed by atoms with E-state index in [9.17, 15) is 4.79 Å². The zero-order valence-corrected chi connectivity index (χ0v) is 9.04. The zero-order valence-electron chi connectivity index (χ0n) is 9.04. The van der Waals surface area contributed by atoms with Gasteiger partial charge in [0.1, 0.15) is 0 Å². The zero-order chi connectivity index (χ0) is 11.3. The van der Waals surface area contributed by atoms with E-state index in [1.165, 1.54) is 0 Å². The molecule has 0 bridgehead atoms. The first kappa shape index (κ1) is 11.4. The fraction of sp³-hybridized carbons (Fsp3) is 0.364. The van der Waals surface area contributed by atoms with Crippen molar-refractivity contribution in [3.05, 3.63) is 23.8 Å². The third-order valence-electron chi connectivity index (χ3n) is 1.93. The summed E-state index contributed by atoms with van der Waals surface area (Å²) in [6, 6.07) is 5.06. The second-order valence-electron chi connectivity index (χ2n) is 3.05. The van der Waals surface area contributed by atoms with Gasteiger partial charge in [0.05, 0.1) is 23.5 Å². The number of rotatable bonds is 4. The normalized spacial score (nSPS) is 9.73. The number of ether oxygens (including phenoxy) is 1. The standard InChI is InChI=1S/C11H16N2O2/c1-3-13-10-7-8(5-6-9(10)12)11(14)15-4-2/h5-7,13H,3-4,12H2,1-2H3. The van der Waals surface area contributed by atoms with E-state index in [2.05, 4.69) is 5.32 Å². The largest absolute Gasteiger partial charge is 0.462 e. The molecule has 0 heterocycles. The summed E-state index contributed by atoms with van der Waals surface area (Å²) in [4.78, 5) is 11.4. The summed E-state index contributed by atoms with van der Waals surface area (Å²) in [6.07, 6.45) is 0. The molecule has 1 aromatic carbocycles. The van der Waals surface area contributed by atoms with Crippen molar-refractivity contribution >= 4 is 17.3 Å². The van der Waals surface area contributed by atoms with Gasteiger partial charge in [-0.3, -0.25) is 0 Å². The van der Waals surface area contributed by atoms with Gasteiger partial charge in [-0.2, -0.15) is 0 Å². The number of anilines is 2. The highest BCUT2D eigenvalue weighted by Gasteiger charge is 2.08. The molecule has 0 atom stereocenters. The molecule has 0 radical (unpaired) electrons. The number of nitrogen functional groups attached to an aromatic ring is 1. The molecule has 4 nitrogen and oxygen atoms in total. The fourth-order valence-electron chi connectivity index (χ4n) is 1.24. The summed E-state index contributed by atoms with van der Waals surface area (Å²) in [7, 11) is 0. The number of esters is 1. The van der Waals surface area contributed by atoms with Gasteiger partial charge in [0.25, 0.3) is 0 Å². The van der Waals surface area contributed by atoms with E-state index in [0.717, 1.165) is 12.2 Å². The second kappa shape index (κ2) is 5.24. The van der Waals surface area contributed by atoms with Gasteiger partial charge in [0.15, 0.2) is 0 Å². The molecule has 0 spiro atoms. The maximum absolute atomic E-state index is 11.4. The van der Waals surface area contributed by atoms with Crippen LogP contribution in [0.2, 0.25) is 0 Å². The average molecular weight is 208 g/mol. The molecule has 0 amide bonds. The Morgan fingerprint density at radius 1 is 1.47 bits per heavy atom. The van der Waals surface area contributed by atoms with Crippen LogP contribution in [0.1, 0.15) is 24.2 Å². The molecule has 3 N–H and O–H groups in total. The molecule has 0 aliphatic rings. The maximum Gasteiger partial charge on any atom is 0.338 e. The number of carbonyl (C=O) groups is 1. The fourth-order valence-corrected chi connectivity index (χ4v) is 1.24. The highest BCUT2D eigenvalue weighted by atomic mass is 16.5. The van der Waals surface area contributed by atoms with Gasteiger partial charge in [-0.25, -0.2) is 4.79 Å². The van der Waals surface area contributed by atoms with Gasteiger partial charge in [-0.05, 0) is 32.0 Å². The van der Waals surface area contributed by atoms with Crippen molar-refractivity contribution in [3.63, 3.8) is 0 Å². The van der Waals surface area contributed by atoms with Crippen molar-refractivity contribution < 1.29 is 9.53 Å². The Hall–Kier alpha value is -1.71. The van der Waals surface area contributed by atoms with Crippen LogP contribution in [0.4, 0.5) is 11.4 Å². The molecule has 0 aliphatic carbocycles. The number of hydrogen-bond acceptors (Lipinski definition) is 4. The van der Waals surface area contributed by atoms with E-state index in [1.54, 1.807) is 25.1 Å². The van der Waals surface area contributed by atoms with Crippen LogP contribution in [0, 0.1) is 0 Å². The van der Waals surface area contributed by atoms with Crippen LogP contribution in [0.15, 0.2) is 18.2 Å². The van der Waals surface area contributed by atoms with Crippen molar-refractivity contribution in [1.82, 2.24) is 0 Å². The van der Waals surface area contributed by atoms with Crippen LogP contribution in [0.3, 0.4) is 0 Å². The molecule has 0 aliphatic heterocycles. The minimum atomic E-state index is -0.323. The third-order valence-corrected chi connectivity index (χ3v) is 1.93. The molecule has 1 rings (SSSR count). The van der Waals surface area contributed by atoms with Gasteiger partial charge in [-0.15, -0.1) is 0 Å². The van der Waals surface area contributed by atoms with Crippen molar-refractivity contribution in [2.24, 2.45) is 0 Å². The average Bonchev–Trinajstić information content (AvgIpc) is 2.22. The van der Waals surface area contributed by atoms with Crippen LogP contribution in [-0.2, 0) is 4.74 Å². The van der Waals surface area contributed by atoms with E-state index in [1.807, 2.05) is 6.92 Å². The van der Waals surface area contributed by atoms with Crippen LogP contribution in [0.25, 0.3) is 0 Å². The summed E-state index contributed by atoms with van der Waals surface area (Å²) in [5, 5.41) is 3.08. The molecule has 1 aromatic rings. The number of carbonyl (C=O) groups excluding carboxylic acids is 1. The van der Waals surface area contributed by atoms with Crippen LogP contribution in [0.5, 0.6) is 0 Å². The molecule has 0 aromatic heterocycles. The molecule has 0 saturated carbocycles. The Labute approximate surface area is 89.4 Å². The molecular weight excluding hydrogens is 192 g/mol. The lowest BCUT2D eigenvalue weighted by Gasteiger charge is -2.09. The summed E-state index contributed by atoms with van der Waals surface area (Å²) in [6.45, 7) is 4.88. The Morgan fingerprint density at radius 3 is 2.80 bits per heavy atom. The maximum atomic E-state index is 11.4. The Morgan fingerprint density at radius 2 is 2.20 bits per heavy atom. The molecule has 0 unspecified atom stereocenters. The predicted molar refractivity (Wildman–Crippen MR) is 61.0 cm³/mol. The van der Waals surface area contributed by atoms with Crippen LogP contribution < -0.4 is 11.1 Å². The monoisotopic (exact) mass is 208 g/mol. The van der Waals surface area contributed by atoms with Crippen molar-refractivity contribution in [1.29, 1.82) is 0 Å². The minimum absolute atomic E-state index is 0.323. The van der Waals surface area contributed by atoms with Crippen LogP contribution >= 0.6 is 0 Å². The lowest BCUT2D eigenvalue weighted by molar-refractivity contribution is 0.0526. The lowest BCUT2D eigenvalue weighted by Crippen LogP contribution is -2.07. The van der Waals surface area contributed by atoms with Gasteiger partial charge in [-0.1, -0.05) is 0 Å². The topological polar surface area (TPSA) is 64.3 Å². The van der Waals surface area contributed by atoms with Gasteiger partial charge in [0, 0.05) is 6.54 Å². The Balaban J connectivity index is 2.91. The first-order valence-electron chi connectivity index (χ1n) is 4.99. The summed E-state index contributed by atoms with van der Waals surface area (Å²) in [5.41, 5.74) is 7.65. The Bertz CT molecular complexity index is 350. The molecule has 82 valence electrons. The third kappa shape index (κ3) is 2.87. The number of nitrogens with one attached hydrogen (secondary N) is 1. The number of nitrogens with two attached hydrogens (primary N) is 1. The van der Waals surface area contributed by atoms with Gasteiger partial charge < -0.3 is 15.8 Å². The van der Waals surface area contributed by atoms with Crippen molar-refractivity contribution in [3.8, 4) is 0 Å². The lowest BCUT2D eigenvalue weighted by atomic mass is 10.1. The molecule has 4 heteroatoms.